The summed E-state index contributed by atoms with van der Waals surface area (Å²) >= 11 is 0. The SMILES string of the molecule is CNCC1CCN(S(=O)(=O)NC(C)C2CC2)CC1. The number of hydrogen-bond acceptors (Lipinski definition) is 3. The van der Waals surface area contributed by atoms with E-state index in [1.54, 1.807) is 4.31 Å². The van der Waals surface area contributed by atoms with Gasteiger partial charge in [0.1, 0.15) is 0 Å². The minimum Gasteiger partial charge on any atom is -0.319 e. The second-order valence-electron chi connectivity index (χ2n) is 5.65. The number of nitrogens with one attached hydrogen (secondary N) is 2. The van der Waals surface area contributed by atoms with Crippen LogP contribution in [0.2, 0.25) is 0 Å². The molecule has 0 spiro atoms. The fraction of sp³-hybridized carbons (Fsp3) is 1.00. The summed E-state index contributed by atoms with van der Waals surface area (Å²) in [6.45, 7) is 4.26. The second-order valence-corrected chi connectivity index (χ2v) is 7.35. The summed E-state index contributed by atoms with van der Waals surface area (Å²) < 4.78 is 28.8. The molecule has 2 rings (SSSR count). The van der Waals surface area contributed by atoms with E-state index in [4.69, 9.17) is 0 Å². The first-order valence-electron chi connectivity index (χ1n) is 6.95. The van der Waals surface area contributed by atoms with E-state index in [1.807, 2.05) is 14.0 Å². The summed E-state index contributed by atoms with van der Waals surface area (Å²) in [7, 11) is -1.32. The summed E-state index contributed by atoms with van der Waals surface area (Å²) in [5.74, 6) is 1.17. The molecular weight excluding hydrogens is 250 g/mol. The summed E-state index contributed by atoms with van der Waals surface area (Å²) in [5.41, 5.74) is 0. The van der Waals surface area contributed by atoms with E-state index in [0.717, 1.165) is 32.2 Å². The third-order valence-corrected chi connectivity index (χ3v) is 5.78. The van der Waals surface area contributed by atoms with Crippen molar-refractivity contribution in [3.63, 3.8) is 0 Å². The molecule has 0 aromatic rings. The Morgan fingerprint density at radius 3 is 2.33 bits per heavy atom. The lowest BCUT2D eigenvalue weighted by atomic mass is 9.98. The Morgan fingerprint density at radius 1 is 1.22 bits per heavy atom. The van der Waals surface area contributed by atoms with Gasteiger partial charge in [-0.2, -0.15) is 17.4 Å². The van der Waals surface area contributed by atoms with Gasteiger partial charge in [0.25, 0.3) is 10.2 Å². The van der Waals surface area contributed by atoms with Crippen molar-refractivity contribution in [1.82, 2.24) is 14.3 Å². The Labute approximate surface area is 110 Å². The molecule has 6 heteroatoms. The van der Waals surface area contributed by atoms with Crippen molar-refractivity contribution < 1.29 is 8.42 Å². The van der Waals surface area contributed by atoms with Gasteiger partial charge in [0.15, 0.2) is 0 Å². The molecule has 106 valence electrons. The molecule has 18 heavy (non-hydrogen) atoms. The lowest BCUT2D eigenvalue weighted by molar-refractivity contribution is 0.266. The molecule has 0 radical (unpaired) electrons. The largest absolute Gasteiger partial charge is 0.319 e. The average molecular weight is 275 g/mol. The van der Waals surface area contributed by atoms with E-state index in [1.165, 1.54) is 0 Å². The molecular formula is C12H25N3O2S. The van der Waals surface area contributed by atoms with Crippen molar-refractivity contribution in [2.24, 2.45) is 11.8 Å². The monoisotopic (exact) mass is 275 g/mol. The van der Waals surface area contributed by atoms with Crippen LogP contribution in [0.5, 0.6) is 0 Å². The van der Waals surface area contributed by atoms with E-state index in [-0.39, 0.29) is 6.04 Å². The lowest BCUT2D eigenvalue weighted by Crippen LogP contribution is -2.48. The van der Waals surface area contributed by atoms with Crippen LogP contribution in [-0.4, -0.2) is 45.4 Å². The normalized spacial score (nSPS) is 25.2. The second kappa shape index (κ2) is 5.86. The van der Waals surface area contributed by atoms with Gasteiger partial charge in [-0.1, -0.05) is 0 Å². The van der Waals surface area contributed by atoms with Crippen LogP contribution in [0.25, 0.3) is 0 Å². The van der Waals surface area contributed by atoms with Crippen molar-refractivity contribution in [1.29, 1.82) is 0 Å². The smallest absolute Gasteiger partial charge is 0.279 e. The van der Waals surface area contributed by atoms with Gasteiger partial charge in [0.2, 0.25) is 0 Å². The molecule has 2 N–H and O–H groups in total. The van der Waals surface area contributed by atoms with Crippen LogP contribution in [-0.2, 0) is 10.2 Å². The topological polar surface area (TPSA) is 61.4 Å². The summed E-state index contributed by atoms with van der Waals surface area (Å²) in [6, 6.07) is 0.0880. The van der Waals surface area contributed by atoms with Crippen LogP contribution in [0.4, 0.5) is 0 Å². The van der Waals surface area contributed by atoms with E-state index in [9.17, 15) is 8.42 Å². The van der Waals surface area contributed by atoms with E-state index >= 15 is 0 Å². The molecule has 1 unspecified atom stereocenters. The summed E-state index contributed by atoms with van der Waals surface area (Å²) in [5, 5.41) is 3.16. The maximum Gasteiger partial charge on any atom is 0.279 e. The van der Waals surface area contributed by atoms with Gasteiger partial charge in [-0.25, -0.2) is 0 Å². The first-order chi connectivity index (χ1) is 8.53. The van der Waals surface area contributed by atoms with Gasteiger partial charge >= 0.3 is 0 Å². The van der Waals surface area contributed by atoms with Gasteiger partial charge in [-0.3, -0.25) is 0 Å². The third kappa shape index (κ3) is 3.66. The molecule has 1 saturated heterocycles. The Hall–Kier alpha value is -0.170. The van der Waals surface area contributed by atoms with E-state index in [2.05, 4.69) is 10.0 Å². The zero-order chi connectivity index (χ0) is 13.2. The molecule has 5 nitrogen and oxygen atoms in total. The minimum absolute atomic E-state index is 0.0880. The highest BCUT2D eigenvalue weighted by Gasteiger charge is 2.34. The van der Waals surface area contributed by atoms with Gasteiger partial charge < -0.3 is 5.32 Å². The third-order valence-electron chi connectivity index (χ3n) is 4.07. The summed E-state index contributed by atoms with van der Waals surface area (Å²) in [6.07, 6.45) is 4.24. The molecule has 1 heterocycles. The highest BCUT2D eigenvalue weighted by Crippen LogP contribution is 2.32. The highest BCUT2D eigenvalue weighted by atomic mass is 32.2. The number of rotatable bonds is 6. The number of piperidine rings is 1. The molecule has 0 bridgehead atoms. The van der Waals surface area contributed by atoms with Crippen molar-refractivity contribution in [2.45, 2.75) is 38.6 Å². The van der Waals surface area contributed by atoms with Gasteiger partial charge in [0.05, 0.1) is 0 Å². The maximum atomic E-state index is 12.2. The molecule has 2 fully saturated rings. The van der Waals surface area contributed by atoms with Gasteiger partial charge in [0, 0.05) is 19.1 Å². The first-order valence-corrected chi connectivity index (χ1v) is 8.39. The Kier molecular flexibility index (Phi) is 4.64. The highest BCUT2D eigenvalue weighted by molar-refractivity contribution is 7.87. The molecule has 0 amide bonds. The summed E-state index contributed by atoms with van der Waals surface area (Å²) in [4.78, 5) is 0. The lowest BCUT2D eigenvalue weighted by Gasteiger charge is -2.32. The Balaban J connectivity index is 1.83. The predicted molar refractivity (Wildman–Crippen MR) is 72.5 cm³/mol. The van der Waals surface area contributed by atoms with Gasteiger partial charge in [-0.15, -0.1) is 0 Å². The first kappa shape index (κ1) is 14.2. The fourth-order valence-corrected chi connectivity index (χ4v) is 4.15. The van der Waals surface area contributed by atoms with Gasteiger partial charge in [-0.05, 0) is 58.0 Å². The van der Waals surface area contributed by atoms with Crippen molar-refractivity contribution in [2.75, 3.05) is 26.7 Å². The predicted octanol–water partition coefficient (Wildman–Crippen LogP) is 0.551. The van der Waals surface area contributed by atoms with Crippen LogP contribution < -0.4 is 10.0 Å². The maximum absolute atomic E-state index is 12.2. The van der Waals surface area contributed by atoms with Crippen LogP contribution in [0.1, 0.15) is 32.6 Å². The Bertz CT molecular complexity index is 360. The molecule has 1 aliphatic heterocycles. The van der Waals surface area contributed by atoms with Crippen molar-refractivity contribution in [3.8, 4) is 0 Å². The molecule has 1 saturated carbocycles. The van der Waals surface area contributed by atoms with E-state index < -0.39 is 10.2 Å². The van der Waals surface area contributed by atoms with Crippen LogP contribution >= 0.6 is 0 Å². The fourth-order valence-electron chi connectivity index (χ4n) is 2.64. The molecule has 1 atom stereocenters. The average Bonchev–Trinajstić information content (AvgIpc) is 3.13. The van der Waals surface area contributed by atoms with Crippen molar-refractivity contribution in [3.05, 3.63) is 0 Å². The van der Waals surface area contributed by atoms with Crippen LogP contribution in [0.3, 0.4) is 0 Å². The standard InChI is InChI=1S/C12H25N3O2S/c1-10(12-3-4-12)14-18(16,17)15-7-5-11(6-8-15)9-13-2/h10-14H,3-9H2,1-2H3. The van der Waals surface area contributed by atoms with E-state index in [0.29, 0.717) is 24.9 Å². The zero-order valence-electron chi connectivity index (χ0n) is 11.4. The quantitative estimate of drug-likeness (QED) is 0.744. The molecule has 1 aliphatic carbocycles. The number of nitrogens with zero attached hydrogens (tertiary/aromatic N) is 1. The van der Waals surface area contributed by atoms with Crippen molar-refractivity contribution >= 4 is 10.2 Å². The minimum atomic E-state index is -3.26. The Morgan fingerprint density at radius 2 is 1.83 bits per heavy atom. The van der Waals surface area contributed by atoms with Crippen LogP contribution in [0.15, 0.2) is 0 Å². The molecule has 0 aromatic carbocycles. The van der Waals surface area contributed by atoms with Crippen LogP contribution in [0, 0.1) is 11.8 Å². The molecule has 2 aliphatic rings. The number of hydrogen-bond donors (Lipinski definition) is 2. The molecule has 0 aromatic heterocycles. The zero-order valence-corrected chi connectivity index (χ0v) is 12.2.